The summed E-state index contributed by atoms with van der Waals surface area (Å²) in [5.74, 6) is -5.13. The predicted octanol–water partition coefficient (Wildman–Crippen LogP) is 5.23. The molecule has 7 nitrogen and oxygen atoms in total. The summed E-state index contributed by atoms with van der Waals surface area (Å²) < 4.78 is 24.2. The summed E-state index contributed by atoms with van der Waals surface area (Å²) in [4.78, 5) is 42.6. The lowest BCUT2D eigenvalue weighted by Crippen LogP contribution is -2.46. The van der Waals surface area contributed by atoms with Crippen molar-refractivity contribution < 1.29 is 28.2 Å². The van der Waals surface area contributed by atoms with Crippen molar-refractivity contribution in [2.24, 2.45) is 11.7 Å². The van der Waals surface area contributed by atoms with Gasteiger partial charge in [-0.05, 0) is 53.9 Å². The molecule has 3 aromatic carbocycles. The molecule has 2 aliphatic rings. The van der Waals surface area contributed by atoms with Crippen LogP contribution in [0.4, 0.5) is 10.1 Å². The molecule has 0 saturated carbocycles. The summed E-state index contributed by atoms with van der Waals surface area (Å²) in [5, 5.41) is 0.387. The second-order valence-corrected chi connectivity index (χ2v) is 9.97. The van der Waals surface area contributed by atoms with E-state index < -0.39 is 41.3 Å². The van der Waals surface area contributed by atoms with Gasteiger partial charge in [-0.1, -0.05) is 54.1 Å². The zero-order chi connectivity index (χ0) is 28.6. The van der Waals surface area contributed by atoms with Gasteiger partial charge in [-0.15, -0.1) is 0 Å². The molecule has 0 amide bonds. The fourth-order valence-electron chi connectivity index (χ4n) is 5.65. The molecule has 1 heterocycles. The summed E-state index contributed by atoms with van der Waals surface area (Å²) in [6, 6.07) is 21.5. The fraction of sp³-hybridized carbons (Fsp3) is 0.194. The molecule has 0 unspecified atom stereocenters. The standard InChI is InChI=1S/C31H26ClFN2O5/c1-39-30(37)25-22(17-7-4-3-5-8-17)16-23-26(28(25)36)24(18-9-6-10-19(32)15-18)27(31(38)40-2)29(34)35(23)21-13-11-20(33)12-14-21/h3-15,22,24-25H,16,34H2,1-2H3/t22-,24+,25-/m1/s1. The van der Waals surface area contributed by atoms with E-state index in [-0.39, 0.29) is 23.4 Å². The predicted molar refractivity (Wildman–Crippen MR) is 148 cm³/mol. The van der Waals surface area contributed by atoms with Crippen LogP contribution < -0.4 is 10.6 Å². The lowest BCUT2D eigenvalue weighted by Gasteiger charge is -2.44. The third kappa shape index (κ3) is 4.64. The lowest BCUT2D eigenvalue weighted by atomic mass is 9.67. The Balaban J connectivity index is 1.83. The minimum absolute atomic E-state index is 0.00275. The van der Waals surface area contributed by atoms with Crippen molar-refractivity contribution >= 4 is 35.0 Å². The minimum atomic E-state index is -1.18. The fourth-order valence-corrected chi connectivity index (χ4v) is 5.85. The van der Waals surface area contributed by atoms with Gasteiger partial charge in [0.05, 0.1) is 25.7 Å². The van der Waals surface area contributed by atoms with E-state index in [1.807, 2.05) is 30.3 Å². The van der Waals surface area contributed by atoms with Crippen LogP contribution in [0.1, 0.15) is 29.4 Å². The Morgan fingerprint density at radius 1 is 0.950 bits per heavy atom. The number of rotatable bonds is 5. The summed E-state index contributed by atoms with van der Waals surface area (Å²) in [6.07, 6.45) is 0.203. The van der Waals surface area contributed by atoms with Crippen LogP contribution in [0.2, 0.25) is 5.02 Å². The summed E-state index contributed by atoms with van der Waals surface area (Å²) in [5.41, 5.74) is 9.15. The molecule has 0 aromatic heterocycles. The van der Waals surface area contributed by atoms with Crippen LogP contribution in [0.5, 0.6) is 0 Å². The molecule has 0 fully saturated rings. The number of carbonyl (C=O) groups excluding carboxylic acids is 3. The normalized spacial score (nSPS) is 20.8. The first kappa shape index (κ1) is 27.1. The number of hydrogen-bond donors (Lipinski definition) is 1. The van der Waals surface area contributed by atoms with E-state index in [0.717, 1.165) is 5.56 Å². The Kier molecular flexibility index (Phi) is 7.45. The highest BCUT2D eigenvalue weighted by molar-refractivity contribution is 6.30. The number of nitrogens with two attached hydrogens (primary N) is 1. The van der Waals surface area contributed by atoms with Crippen molar-refractivity contribution in [2.45, 2.75) is 18.3 Å². The highest BCUT2D eigenvalue weighted by atomic mass is 35.5. The molecule has 3 atom stereocenters. The number of nitrogens with zero attached hydrogens (tertiary/aromatic N) is 1. The van der Waals surface area contributed by atoms with Gasteiger partial charge >= 0.3 is 11.9 Å². The Bertz CT molecular complexity index is 1550. The second-order valence-electron chi connectivity index (χ2n) is 9.54. The number of anilines is 1. The molecule has 9 heteroatoms. The first-order chi connectivity index (χ1) is 19.3. The Morgan fingerprint density at radius 2 is 1.62 bits per heavy atom. The number of ketones is 1. The van der Waals surface area contributed by atoms with Crippen LogP contribution >= 0.6 is 11.6 Å². The first-order valence-corrected chi connectivity index (χ1v) is 12.9. The molecule has 5 rings (SSSR count). The van der Waals surface area contributed by atoms with Gasteiger partial charge in [0, 0.05) is 27.9 Å². The van der Waals surface area contributed by atoms with Crippen molar-refractivity contribution in [3.05, 3.63) is 123 Å². The molecule has 0 radical (unpaired) electrons. The van der Waals surface area contributed by atoms with E-state index in [9.17, 15) is 18.8 Å². The van der Waals surface area contributed by atoms with Crippen LogP contribution in [0, 0.1) is 11.7 Å². The molecule has 204 valence electrons. The van der Waals surface area contributed by atoms with Crippen molar-refractivity contribution in [1.82, 2.24) is 0 Å². The van der Waals surface area contributed by atoms with E-state index in [0.29, 0.717) is 22.0 Å². The summed E-state index contributed by atoms with van der Waals surface area (Å²) in [6.45, 7) is 0. The van der Waals surface area contributed by atoms with Gasteiger partial charge in [-0.25, -0.2) is 9.18 Å². The molecule has 2 N–H and O–H groups in total. The third-order valence-corrected chi connectivity index (χ3v) is 7.63. The van der Waals surface area contributed by atoms with Crippen LogP contribution in [0.25, 0.3) is 0 Å². The quantitative estimate of drug-likeness (QED) is 0.337. The molecular weight excluding hydrogens is 535 g/mol. The maximum absolute atomic E-state index is 14.5. The summed E-state index contributed by atoms with van der Waals surface area (Å²) in [7, 11) is 2.45. The molecule has 0 saturated heterocycles. The zero-order valence-corrected chi connectivity index (χ0v) is 22.5. The number of halogens is 2. The van der Waals surface area contributed by atoms with Crippen molar-refractivity contribution in [2.75, 3.05) is 19.1 Å². The molecule has 1 aliphatic carbocycles. The average Bonchev–Trinajstić information content (AvgIpc) is 2.96. The SMILES string of the molecule is COC(=O)C1=C(N)N(c2ccc(F)cc2)C2=C(C(=O)[C@H](C(=O)OC)[C@@H](c3ccccc3)C2)[C@@H]1c1cccc(Cl)c1. The third-order valence-electron chi connectivity index (χ3n) is 7.39. The van der Waals surface area contributed by atoms with Crippen LogP contribution in [-0.2, 0) is 23.9 Å². The van der Waals surface area contributed by atoms with Crippen molar-refractivity contribution in [3.63, 3.8) is 0 Å². The zero-order valence-electron chi connectivity index (χ0n) is 21.8. The maximum atomic E-state index is 14.5. The van der Waals surface area contributed by atoms with Gasteiger partial charge in [-0.3, -0.25) is 14.5 Å². The first-order valence-electron chi connectivity index (χ1n) is 12.6. The Hall–Kier alpha value is -4.43. The number of benzene rings is 3. The highest BCUT2D eigenvalue weighted by Crippen LogP contribution is 2.51. The molecule has 40 heavy (non-hydrogen) atoms. The number of Topliss-reactive ketones (excluding diaryl/α,β-unsaturated/α-hetero) is 1. The molecular formula is C31H26ClFN2O5. The van der Waals surface area contributed by atoms with Gasteiger partial charge < -0.3 is 15.2 Å². The van der Waals surface area contributed by atoms with Gasteiger partial charge in [0.2, 0.25) is 0 Å². The van der Waals surface area contributed by atoms with Gasteiger partial charge in [0.25, 0.3) is 0 Å². The van der Waals surface area contributed by atoms with E-state index in [4.69, 9.17) is 26.8 Å². The number of hydrogen-bond acceptors (Lipinski definition) is 7. The monoisotopic (exact) mass is 560 g/mol. The lowest BCUT2D eigenvalue weighted by molar-refractivity contribution is -0.150. The van der Waals surface area contributed by atoms with Gasteiger partial charge in [-0.2, -0.15) is 0 Å². The minimum Gasteiger partial charge on any atom is -0.468 e. The molecule has 0 spiro atoms. The number of ether oxygens (including phenoxy) is 2. The van der Waals surface area contributed by atoms with Crippen LogP contribution in [0.15, 0.2) is 102 Å². The van der Waals surface area contributed by atoms with Crippen molar-refractivity contribution in [3.8, 4) is 0 Å². The van der Waals surface area contributed by atoms with Crippen LogP contribution in [-0.4, -0.2) is 31.9 Å². The number of esters is 2. The van der Waals surface area contributed by atoms with Gasteiger partial charge in [0.1, 0.15) is 17.6 Å². The van der Waals surface area contributed by atoms with E-state index in [1.54, 1.807) is 29.2 Å². The van der Waals surface area contributed by atoms with Crippen LogP contribution in [0.3, 0.4) is 0 Å². The molecule has 3 aromatic rings. The molecule has 1 aliphatic heterocycles. The number of methoxy groups -OCH3 is 2. The topological polar surface area (TPSA) is 98.9 Å². The van der Waals surface area contributed by atoms with Crippen molar-refractivity contribution in [1.29, 1.82) is 0 Å². The Labute approximate surface area is 235 Å². The number of carbonyl (C=O) groups is 3. The van der Waals surface area contributed by atoms with E-state index in [1.165, 1.54) is 38.5 Å². The molecule has 0 bridgehead atoms. The summed E-state index contributed by atoms with van der Waals surface area (Å²) >= 11 is 6.33. The highest BCUT2D eigenvalue weighted by Gasteiger charge is 2.51. The number of allylic oxidation sites excluding steroid dienone is 2. The average molecular weight is 561 g/mol. The second kappa shape index (κ2) is 11.0. The Morgan fingerprint density at radius 3 is 2.25 bits per heavy atom. The van der Waals surface area contributed by atoms with E-state index >= 15 is 0 Å². The largest absolute Gasteiger partial charge is 0.468 e. The smallest absolute Gasteiger partial charge is 0.338 e. The van der Waals surface area contributed by atoms with Gasteiger partial charge in [0.15, 0.2) is 5.78 Å². The van der Waals surface area contributed by atoms with E-state index in [2.05, 4.69) is 0 Å². The maximum Gasteiger partial charge on any atom is 0.338 e.